The van der Waals surface area contributed by atoms with Gasteiger partial charge in [0.1, 0.15) is 24.4 Å². The van der Waals surface area contributed by atoms with E-state index in [2.05, 4.69) is 26.3 Å². The number of H-pyrrole nitrogens is 1. The Bertz CT molecular complexity index is 1540. The Morgan fingerprint density at radius 1 is 1.04 bits per heavy atom. The van der Waals surface area contributed by atoms with Crippen LogP contribution in [0.4, 0.5) is 0 Å². The number of carbonyl (C=O) groups is 4. The number of aliphatic hydroxyl groups excluding tert-OH is 1. The zero-order valence-electron chi connectivity index (χ0n) is 27.0. The van der Waals surface area contributed by atoms with Crippen LogP contribution in [0.2, 0.25) is 0 Å². The molecule has 1 aromatic heterocycles. The van der Waals surface area contributed by atoms with E-state index in [4.69, 9.17) is 18.9 Å². The number of nitrogens with one attached hydrogen (secondary N) is 5. The minimum Gasteiger partial charge on any atom is -0.489 e. The van der Waals surface area contributed by atoms with Crippen LogP contribution in [0.3, 0.4) is 0 Å². The number of aliphatic hydroxyl groups is 1. The summed E-state index contributed by atoms with van der Waals surface area (Å²) in [5, 5.41) is 19.7. The minimum absolute atomic E-state index is 0.00983. The molecule has 0 radical (unpaired) electrons. The van der Waals surface area contributed by atoms with Gasteiger partial charge in [-0.2, -0.15) is 0 Å². The number of hydrogen-bond acceptors (Lipinski definition) is 9. The molecule has 0 bridgehead atoms. The summed E-state index contributed by atoms with van der Waals surface area (Å²) in [5.74, 6) is -1.12. The van der Waals surface area contributed by atoms with Crippen molar-refractivity contribution in [3.63, 3.8) is 0 Å². The lowest BCUT2D eigenvalue weighted by atomic mass is 9.98. The average molecular weight is 690 g/mol. The van der Waals surface area contributed by atoms with E-state index in [9.17, 15) is 28.6 Å². The molecule has 0 aliphatic heterocycles. The third kappa shape index (κ3) is 12.4. The van der Waals surface area contributed by atoms with Gasteiger partial charge in [-0.15, -0.1) is 0 Å². The van der Waals surface area contributed by atoms with E-state index in [1.54, 1.807) is 6.20 Å². The molecule has 7 N–H and O–H groups in total. The summed E-state index contributed by atoms with van der Waals surface area (Å²) in [4.78, 5) is 62.3. The fraction of sp³-hybridized carbons (Fsp3) is 0.438. The first-order chi connectivity index (χ1) is 23.1. The zero-order chi connectivity index (χ0) is 34.9. The molecular formula is C32H44N5O10P. The number of aromatic nitrogens is 1. The predicted molar refractivity (Wildman–Crippen MR) is 177 cm³/mol. The molecule has 4 atom stereocenters. The summed E-state index contributed by atoms with van der Waals surface area (Å²) < 4.78 is 28.0. The highest BCUT2D eigenvalue weighted by Gasteiger charge is 2.28. The van der Waals surface area contributed by atoms with Gasteiger partial charge in [-0.25, -0.2) is 4.57 Å². The van der Waals surface area contributed by atoms with Gasteiger partial charge in [0, 0.05) is 36.8 Å². The van der Waals surface area contributed by atoms with Crippen LogP contribution in [0.5, 0.6) is 5.75 Å². The number of hydrogen-bond donors (Lipinski definition) is 7. The van der Waals surface area contributed by atoms with Gasteiger partial charge >= 0.3 is 7.82 Å². The molecule has 48 heavy (non-hydrogen) atoms. The van der Waals surface area contributed by atoms with Gasteiger partial charge < -0.3 is 41.0 Å². The first-order valence-electron chi connectivity index (χ1n) is 15.6. The topological polar surface area (TPSA) is 217 Å². The Balaban J connectivity index is 1.50. The Labute approximate surface area is 278 Å². The number of amides is 4. The first kappa shape index (κ1) is 38.2. The van der Waals surface area contributed by atoms with Gasteiger partial charge in [0.15, 0.2) is 0 Å². The molecule has 1 unspecified atom stereocenters. The van der Waals surface area contributed by atoms with Crippen LogP contribution in [-0.2, 0) is 45.8 Å². The highest BCUT2D eigenvalue weighted by Crippen LogP contribution is 2.42. The Kier molecular flexibility index (Phi) is 15.5. The van der Waals surface area contributed by atoms with Crippen molar-refractivity contribution in [2.24, 2.45) is 5.92 Å². The molecule has 0 spiro atoms. The van der Waals surface area contributed by atoms with Crippen molar-refractivity contribution in [3.8, 4) is 5.75 Å². The second kappa shape index (κ2) is 19.5. The van der Waals surface area contributed by atoms with Crippen LogP contribution in [0.25, 0.3) is 10.9 Å². The number of phosphoric acid groups is 1. The number of carbonyl (C=O) groups excluding carboxylic acids is 4. The van der Waals surface area contributed by atoms with Crippen molar-refractivity contribution < 1.29 is 47.5 Å². The van der Waals surface area contributed by atoms with Crippen LogP contribution < -0.4 is 26.0 Å². The predicted octanol–water partition coefficient (Wildman–Crippen LogP) is 1.68. The van der Waals surface area contributed by atoms with Crippen molar-refractivity contribution >= 4 is 42.9 Å². The number of phosphoric ester groups is 1. The second-order valence-electron chi connectivity index (χ2n) is 11.0. The molecular weight excluding hydrogens is 645 g/mol. The summed E-state index contributed by atoms with van der Waals surface area (Å²) in [6, 6.07) is 13.2. The van der Waals surface area contributed by atoms with E-state index >= 15 is 0 Å². The van der Waals surface area contributed by atoms with E-state index in [-0.39, 0.29) is 50.8 Å². The number of rotatable bonds is 22. The maximum Gasteiger partial charge on any atom is 0.472 e. The summed E-state index contributed by atoms with van der Waals surface area (Å²) in [7, 11) is -4.66. The molecule has 0 saturated carbocycles. The Morgan fingerprint density at radius 2 is 1.79 bits per heavy atom. The smallest absolute Gasteiger partial charge is 0.472 e. The number of benzene rings is 2. The molecule has 1 heterocycles. The zero-order valence-corrected chi connectivity index (χ0v) is 27.9. The standard InChI is InChI=1S/C32H44N5O10P/c1-3-22(2)30(32(42)34-13-15-46-48(43,44)47-20-28(36-21-39)31(41)33-12-7-14-38)37-29(40)16-24-18-35-27-11-10-25(17-26(24)27)45-19-23-8-5-4-6-9-23/h4-6,8-11,17-18,21-22,28,30,35,38H,3,7,12-16,19-20H2,1-2H3,(H,33,41)(H,34,42)(H,36,39)(H,37,40)(H,43,44)/t22-,28-,30-/m0/s1. The third-order valence-electron chi connectivity index (χ3n) is 7.43. The maximum atomic E-state index is 13.1. The van der Waals surface area contributed by atoms with Crippen LogP contribution in [0.15, 0.2) is 54.7 Å². The summed E-state index contributed by atoms with van der Waals surface area (Å²) in [6.45, 7) is 2.83. The lowest BCUT2D eigenvalue weighted by molar-refractivity contribution is -0.130. The molecule has 0 aliphatic rings. The molecule has 3 rings (SSSR count). The SMILES string of the molecule is CC[C@H](C)[C@H](NC(=O)Cc1c[nH]c2ccc(OCc3ccccc3)cc12)C(=O)NCCOP(=O)(O)OC[C@H](NC=O)C(=O)NCCCO. The number of aromatic amines is 1. The van der Waals surface area contributed by atoms with Crippen molar-refractivity contribution in [1.82, 2.24) is 26.3 Å². The molecule has 16 heteroatoms. The molecule has 262 valence electrons. The molecule has 15 nitrogen and oxygen atoms in total. The lowest BCUT2D eigenvalue weighted by Crippen LogP contribution is -2.51. The molecule has 3 aromatic rings. The summed E-state index contributed by atoms with van der Waals surface area (Å²) >= 11 is 0. The third-order valence-corrected chi connectivity index (χ3v) is 8.41. The van der Waals surface area contributed by atoms with E-state index in [1.807, 2.05) is 62.4 Å². The highest BCUT2D eigenvalue weighted by molar-refractivity contribution is 7.47. The van der Waals surface area contributed by atoms with Gasteiger partial charge in [0.05, 0.1) is 19.6 Å². The molecule has 2 aromatic carbocycles. The summed E-state index contributed by atoms with van der Waals surface area (Å²) in [5.41, 5.74) is 2.60. The van der Waals surface area contributed by atoms with Gasteiger partial charge in [0.2, 0.25) is 24.1 Å². The Morgan fingerprint density at radius 3 is 2.50 bits per heavy atom. The molecule has 0 saturated heterocycles. The first-order valence-corrected chi connectivity index (χ1v) is 17.1. The minimum atomic E-state index is -4.66. The van der Waals surface area contributed by atoms with E-state index < -0.39 is 44.9 Å². The second-order valence-corrected chi connectivity index (χ2v) is 12.5. The van der Waals surface area contributed by atoms with Crippen molar-refractivity contribution in [1.29, 1.82) is 0 Å². The fourth-order valence-corrected chi connectivity index (χ4v) is 5.31. The monoisotopic (exact) mass is 689 g/mol. The van der Waals surface area contributed by atoms with Gasteiger partial charge in [-0.3, -0.25) is 28.2 Å². The van der Waals surface area contributed by atoms with E-state index in [0.717, 1.165) is 22.0 Å². The van der Waals surface area contributed by atoms with E-state index in [1.165, 1.54) is 0 Å². The van der Waals surface area contributed by atoms with Crippen molar-refractivity contribution in [2.75, 3.05) is 32.9 Å². The van der Waals surface area contributed by atoms with Gasteiger partial charge in [-0.1, -0.05) is 50.6 Å². The van der Waals surface area contributed by atoms with Crippen molar-refractivity contribution in [2.45, 2.75) is 51.8 Å². The van der Waals surface area contributed by atoms with Crippen LogP contribution >= 0.6 is 7.82 Å². The molecule has 0 fully saturated rings. The quantitative estimate of drug-likeness (QED) is 0.0460. The van der Waals surface area contributed by atoms with Crippen LogP contribution in [0.1, 0.15) is 37.8 Å². The number of fused-ring (bicyclic) bond motifs is 1. The Hall–Kier alpha value is -4.27. The molecule has 4 amide bonds. The number of ether oxygens (including phenoxy) is 1. The largest absolute Gasteiger partial charge is 0.489 e. The molecule has 0 aliphatic carbocycles. The van der Waals surface area contributed by atoms with Crippen molar-refractivity contribution in [3.05, 3.63) is 65.9 Å². The van der Waals surface area contributed by atoms with E-state index in [0.29, 0.717) is 18.8 Å². The average Bonchev–Trinajstić information content (AvgIpc) is 3.48. The fourth-order valence-electron chi connectivity index (χ4n) is 4.58. The van der Waals surface area contributed by atoms with Gasteiger partial charge in [0.25, 0.3) is 0 Å². The summed E-state index contributed by atoms with van der Waals surface area (Å²) in [6.07, 6.45) is 2.87. The van der Waals surface area contributed by atoms with Gasteiger partial charge in [-0.05, 0) is 41.7 Å². The van der Waals surface area contributed by atoms with Crippen LogP contribution in [-0.4, -0.2) is 84.1 Å². The maximum absolute atomic E-state index is 13.1. The highest BCUT2D eigenvalue weighted by atomic mass is 31.2. The lowest BCUT2D eigenvalue weighted by Gasteiger charge is -2.24. The normalized spacial score (nSPS) is 14.2. The van der Waals surface area contributed by atoms with Crippen LogP contribution in [0, 0.1) is 5.92 Å².